The van der Waals surface area contributed by atoms with Crippen LogP contribution < -0.4 is 5.32 Å². The highest BCUT2D eigenvalue weighted by atomic mass is 19.1. The SMILES string of the molecule is Cc1cccc(C(=O)NCC[C@H](O)C(=O)O)c1F. The average molecular weight is 255 g/mol. The summed E-state index contributed by atoms with van der Waals surface area (Å²) in [7, 11) is 0. The molecular formula is C12H14FNO4. The third-order valence-corrected chi connectivity index (χ3v) is 2.42. The van der Waals surface area contributed by atoms with Crippen molar-refractivity contribution in [2.75, 3.05) is 6.54 Å². The van der Waals surface area contributed by atoms with Gasteiger partial charge in [0.05, 0.1) is 5.56 Å². The molecule has 98 valence electrons. The van der Waals surface area contributed by atoms with E-state index in [0.717, 1.165) is 0 Å². The van der Waals surface area contributed by atoms with Crippen LogP contribution in [0.5, 0.6) is 0 Å². The first-order chi connectivity index (χ1) is 8.43. The van der Waals surface area contributed by atoms with Crippen LogP contribution in [0.3, 0.4) is 0 Å². The fourth-order valence-corrected chi connectivity index (χ4v) is 1.36. The van der Waals surface area contributed by atoms with Gasteiger partial charge in [-0.05, 0) is 18.6 Å². The molecule has 0 saturated carbocycles. The molecule has 0 aliphatic heterocycles. The first-order valence-corrected chi connectivity index (χ1v) is 5.37. The summed E-state index contributed by atoms with van der Waals surface area (Å²) in [4.78, 5) is 21.9. The average Bonchev–Trinajstić information content (AvgIpc) is 2.32. The van der Waals surface area contributed by atoms with Gasteiger partial charge < -0.3 is 15.5 Å². The second-order valence-corrected chi connectivity index (χ2v) is 3.84. The summed E-state index contributed by atoms with van der Waals surface area (Å²) in [6.45, 7) is 1.50. The molecule has 3 N–H and O–H groups in total. The molecule has 0 unspecified atom stereocenters. The predicted octanol–water partition coefficient (Wildman–Crippen LogP) is 0.700. The van der Waals surface area contributed by atoms with E-state index in [9.17, 15) is 14.0 Å². The van der Waals surface area contributed by atoms with Gasteiger partial charge in [0.1, 0.15) is 5.82 Å². The van der Waals surface area contributed by atoms with Crippen LogP contribution in [0.25, 0.3) is 0 Å². The smallest absolute Gasteiger partial charge is 0.332 e. The zero-order valence-electron chi connectivity index (χ0n) is 9.81. The predicted molar refractivity (Wildman–Crippen MR) is 61.7 cm³/mol. The summed E-state index contributed by atoms with van der Waals surface area (Å²) in [5, 5.41) is 19.8. The largest absolute Gasteiger partial charge is 0.479 e. The Kier molecular flexibility index (Phi) is 4.79. The van der Waals surface area contributed by atoms with E-state index in [-0.39, 0.29) is 18.5 Å². The molecule has 0 heterocycles. The molecule has 6 heteroatoms. The van der Waals surface area contributed by atoms with E-state index in [0.29, 0.717) is 5.56 Å². The first kappa shape index (κ1) is 14.1. The van der Waals surface area contributed by atoms with Crippen LogP contribution in [0, 0.1) is 12.7 Å². The standard InChI is InChI=1S/C12H14FNO4/c1-7-3-2-4-8(10(7)13)11(16)14-6-5-9(15)12(17)18/h2-4,9,15H,5-6H2,1H3,(H,14,16)(H,17,18)/t9-/m0/s1. The van der Waals surface area contributed by atoms with Gasteiger partial charge in [-0.1, -0.05) is 12.1 Å². The number of aliphatic hydroxyl groups is 1. The molecule has 0 aromatic heterocycles. The lowest BCUT2D eigenvalue weighted by Gasteiger charge is -2.08. The fourth-order valence-electron chi connectivity index (χ4n) is 1.36. The second-order valence-electron chi connectivity index (χ2n) is 3.84. The third-order valence-electron chi connectivity index (χ3n) is 2.42. The second kappa shape index (κ2) is 6.11. The number of carboxylic acids is 1. The molecule has 0 aliphatic rings. The number of benzene rings is 1. The Morgan fingerprint density at radius 1 is 1.44 bits per heavy atom. The maximum atomic E-state index is 13.6. The van der Waals surface area contributed by atoms with Crippen molar-refractivity contribution in [3.05, 3.63) is 35.1 Å². The highest BCUT2D eigenvalue weighted by Gasteiger charge is 2.15. The highest BCUT2D eigenvalue weighted by Crippen LogP contribution is 2.11. The van der Waals surface area contributed by atoms with E-state index >= 15 is 0 Å². The van der Waals surface area contributed by atoms with Gasteiger partial charge in [0, 0.05) is 13.0 Å². The number of nitrogens with one attached hydrogen (secondary N) is 1. The Morgan fingerprint density at radius 2 is 2.11 bits per heavy atom. The van der Waals surface area contributed by atoms with Crippen LogP contribution in [0.4, 0.5) is 4.39 Å². The molecule has 0 bridgehead atoms. The number of aliphatic carboxylic acids is 1. The normalized spacial score (nSPS) is 11.9. The van der Waals surface area contributed by atoms with Gasteiger partial charge in [0.25, 0.3) is 5.91 Å². The van der Waals surface area contributed by atoms with Crippen molar-refractivity contribution >= 4 is 11.9 Å². The molecule has 0 radical (unpaired) electrons. The van der Waals surface area contributed by atoms with Crippen LogP contribution >= 0.6 is 0 Å². The summed E-state index contributed by atoms with van der Waals surface area (Å²) in [6.07, 6.45) is -1.67. The number of aryl methyl sites for hydroxylation is 1. The molecule has 0 fully saturated rings. The van der Waals surface area contributed by atoms with Crippen LogP contribution in [0.15, 0.2) is 18.2 Å². The van der Waals surface area contributed by atoms with Crippen LogP contribution in [-0.2, 0) is 4.79 Å². The lowest BCUT2D eigenvalue weighted by molar-refractivity contribution is -0.146. The molecule has 1 rings (SSSR count). The van der Waals surface area contributed by atoms with Crippen molar-refractivity contribution in [2.24, 2.45) is 0 Å². The van der Waals surface area contributed by atoms with Crippen LogP contribution in [-0.4, -0.2) is 34.7 Å². The van der Waals surface area contributed by atoms with Gasteiger partial charge >= 0.3 is 5.97 Å². The molecule has 1 aromatic rings. The number of hydrogen-bond acceptors (Lipinski definition) is 3. The lowest BCUT2D eigenvalue weighted by atomic mass is 10.1. The molecule has 1 atom stereocenters. The summed E-state index contributed by atoms with van der Waals surface area (Å²) in [5.74, 6) is -2.59. The molecular weight excluding hydrogens is 241 g/mol. The summed E-state index contributed by atoms with van der Waals surface area (Å²) >= 11 is 0. The number of hydrogen-bond donors (Lipinski definition) is 3. The highest BCUT2D eigenvalue weighted by molar-refractivity contribution is 5.94. The minimum atomic E-state index is -1.53. The molecule has 1 aromatic carbocycles. The van der Waals surface area contributed by atoms with Crippen LogP contribution in [0.2, 0.25) is 0 Å². The summed E-state index contributed by atoms with van der Waals surface area (Å²) in [5.41, 5.74) is 0.257. The van der Waals surface area contributed by atoms with Crippen molar-refractivity contribution in [3.63, 3.8) is 0 Å². The molecule has 5 nitrogen and oxygen atoms in total. The van der Waals surface area contributed by atoms with E-state index in [1.165, 1.54) is 6.07 Å². The Bertz CT molecular complexity index is 461. The van der Waals surface area contributed by atoms with Crippen molar-refractivity contribution in [1.29, 1.82) is 0 Å². The monoisotopic (exact) mass is 255 g/mol. The van der Waals surface area contributed by atoms with E-state index in [2.05, 4.69) is 5.32 Å². The Labute approximate surface area is 103 Å². The number of carbonyl (C=O) groups is 2. The zero-order chi connectivity index (χ0) is 13.7. The van der Waals surface area contributed by atoms with E-state index in [4.69, 9.17) is 10.2 Å². The van der Waals surface area contributed by atoms with E-state index < -0.39 is 23.8 Å². The lowest BCUT2D eigenvalue weighted by Crippen LogP contribution is -2.30. The topological polar surface area (TPSA) is 86.6 Å². The Morgan fingerprint density at radius 3 is 2.72 bits per heavy atom. The number of aliphatic hydroxyl groups excluding tert-OH is 1. The molecule has 0 aliphatic carbocycles. The van der Waals surface area contributed by atoms with E-state index in [1.807, 2.05) is 0 Å². The van der Waals surface area contributed by atoms with E-state index in [1.54, 1.807) is 19.1 Å². The third kappa shape index (κ3) is 3.53. The van der Waals surface area contributed by atoms with Crippen molar-refractivity contribution in [1.82, 2.24) is 5.32 Å². The fraction of sp³-hybridized carbons (Fsp3) is 0.333. The minimum absolute atomic E-state index is 0.0420. The quantitative estimate of drug-likeness (QED) is 0.722. The van der Waals surface area contributed by atoms with Crippen molar-refractivity contribution in [2.45, 2.75) is 19.4 Å². The van der Waals surface area contributed by atoms with Crippen molar-refractivity contribution < 1.29 is 24.2 Å². The summed E-state index contributed by atoms with van der Waals surface area (Å²) in [6, 6.07) is 4.44. The van der Waals surface area contributed by atoms with Crippen molar-refractivity contribution in [3.8, 4) is 0 Å². The molecule has 0 saturated heterocycles. The number of rotatable bonds is 5. The summed E-state index contributed by atoms with van der Waals surface area (Å²) < 4.78 is 13.6. The molecule has 18 heavy (non-hydrogen) atoms. The van der Waals surface area contributed by atoms with Gasteiger partial charge in [0.2, 0.25) is 0 Å². The maximum absolute atomic E-state index is 13.6. The van der Waals surface area contributed by atoms with Gasteiger partial charge in [0.15, 0.2) is 6.10 Å². The number of carbonyl (C=O) groups excluding carboxylic acids is 1. The maximum Gasteiger partial charge on any atom is 0.332 e. The number of amides is 1. The van der Waals surface area contributed by atoms with Gasteiger partial charge in [-0.25, -0.2) is 9.18 Å². The Hall–Kier alpha value is -1.95. The van der Waals surface area contributed by atoms with Crippen LogP contribution in [0.1, 0.15) is 22.3 Å². The zero-order valence-corrected chi connectivity index (χ0v) is 9.81. The van der Waals surface area contributed by atoms with Gasteiger partial charge in [-0.15, -0.1) is 0 Å². The number of halogens is 1. The van der Waals surface area contributed by atoms with Gasteiger partial charge in [-0.3, -0.25) is 4.79 Å². The first-order valence-electron chi connectivity index (χ1n) is 5.37. The number of carboxylic acid groups (broad SMARTS) is 1. The van der Waals surface area contributed by atoms with Gasteiger partial charge in [-0.2, -0.15) is 0 Å². The molecule has 1 amide bonds. The molecule has 0 spiro atoms. The minimum Gasteiger partial charge on any atom is -0.479 e. The Balaban J connectivity index is 2.56.